The molecule has 0 aliphatic carbocycles. The summed E-state index contributed by atoms with van der Waals surface area (Å²) in [4.78, 5) is 25.9. The molecular formula is C20H21N5O2. The topological polar surface area (TPSA) is 82.3 Å². The Morgan fingerprint density at radius 2 is 2.07 bits per heavy atom. The molecule has 0 bridgehead atoms. The lowest BCUT2D eigenvalue weighted by Crippen LogP contribution is -2.42. The average molecular weight is 363 g/mol. The van der Waals surface area contributed by atoms with E-state index in [2.05, 4.69) is 20.9 Å². The van der Waals surface area contributed by atoms with Crippen molar-refractivity contribution in [2.24, 2.45) is 0 Å². The number of carbonyl (C=O) groups is 1. The largest absolute Gasteiger partial charge is 0.368 e. The van der Waals surface area contributed by atoms with Crippen LogP contribution in [0.4, 0.5) is 5.95 Å². The van der Waals surface area contributed by atoms with E-state index in [0.29, 0.717) is 30.8 Å². The van der Waals surface area contributed by atoms with E-state index in [-0.39, 0.29) is 12.0 Å². The number of morpholine rings is 1. The molecule has 2 aliphatic rings. The Kier molecular flexibility index (Phi) is 4.99. The number of benzene rings is 1. The molecule has 1 atom stereocenters. The minimum atomic E-state index is -0.272. The van der Waals surface area contributed by atoms with Crippen molar-refractivity contribution in [1.29, 1.82) is 5.26 Å². The van der Waals surface area contributed by atoms with Crippen LogP contribution in [0.2, 0.25) is 0 Å². The first kappa shape index (κ1) is 17.4. The number of amides is 1. The minimum Gasteiger partial charge on any atom is -0.368 e. The fourth-order valence-electron chi connectivity index (χ4n) is 3.53. The third-order valence-corrected chi connectivity index (χ3v) is 4.98. The second kappa shape index (κ2) is 7.72. The first-order valence-electron chi connectivity index (χ1n) is 9.23. The van der Waals surface area contributed by atoms with Gasteiger partial charge in [0.15, 0.2) is 0 Å². The zero-order chi connectivity index (χ0) is 18.6. The van der Waals surface area contributed by atoms with Gasteiger partial charge in [-0.1, -0.05) is 6.07 Å². The molecule has 2 fully saturated rings. The molecule has 3 heterocycles. The Labute approximate surface area is 158 Å². The fraction of sp³-hybridized carbons (Fsp3) is 0.400. The van der Waals surface area contributed by atoms with Gasteiger partial charge < -0.3 is 14.5 Å². The molecule has 2 aromatic rings. The number of carbonyl (C=O) groups excluding carboxylic acids is 1. The predicted octanol–water partition coefficient (Wildman–Crippen LogP) is 2.16. The van der Waals surface area contributed by atoms with Crippen LogP contribution in [0.1, 0.15) is 40.6 Å². The Balaban J connectivity index is 1.50. The van der Waals surface area contributed by atoms with Crippen LogP contribution >= 0.6 is 0 Å². The highest BCUT2D eigenvalue weighted by Crippen LogP contribution is 2.24. The van der Waals surface area contributed by atoms with Gasteiger partial charge in [-0.3, -0.25) is 4.79 Å². The first-order chi connectivity index (χ1) is 13.2. The van der Waals surface area contributed by atoms with Crippen LogP contribution in [0, 0.1) is 11.3 Å². The average Bonchev–Trinajstić information content (AvgIpc) is 3.28. The van der Waals surface area contributed by atoms with Gasteiger partial charge in [-0.15, -0.1) is 0 Å². The molecule has 1 aromatic heterocycles. The summed E-state index contributed by atoms with van der Waals surface area (Å²) in [6.07, 6.45) is 3.82. The molecule has 4 rings (SSSR count). The zero-order valence-corrected chi connectivity index (χ0v) is 15.0. The number of nitriles is 1. The quantitative estimate of drug-likeness (QED) is 0.831. The van der Waals surface area contributed by atoms with Crippen molar-refractivity contribution in [2.75, 3.05) is 37.7 Å². The lowest BCUT2D eigenvalue weighted by Gasteiger charge is -2.33. The molecule has 0 N–H and O–H groups in total. The highest BCUT2D eigenvalue weighted by atomic mass is 16.5. The van der Waals surface area contributed by atoms with Crippen LogP contribution in [-0.4, -0.2) is 53.6 Å². The molecule has 2 aliphatic heterocycles. The number of anilines is 1. The summed E-state index contributed by atoms with van der Waals surface area (Å²) >= 11 is 0. The van der Waals surface area contributed by atoms with Gasteiger partial charge in [0, 0.05) is 31.4 Å². The van der Waals surface area contributed by atoms with Gasteiger partial charge in [-0.25, -0.2) is 9.97 Å². The molecule has 1 amide bonds. The summed E-state index contributed by atoms with van der Waals surface area (Å²) in [5.74, 6) is 0.646. The Bertz CT molecular complexity index is 873. The van der Waals surface area contributed by atoms with Crippen molar-refractivity contribution in [3.63, 3.8) is 0 Å². The summed E-state index contributed by atoms with van der Waals surface area (Å²) in [7, 11) is 0. The lowest BCUT2D eigenvalue weighted by atomic mass is 10.1. The molecule has 7 nitrogen and oxygen atoms in total. The monoisotopic (exact) mass is 363 g/mol. The zero-order valence-electron chi connectivity index (χ0n) is 15.0. The SMILES string of the molecule is N#Cc1cccc(C(=O)N2CCO[C@H](c3ccnc(N4CCCC4)n3)C2)c1. The van der Waals surface area contributed by atoms with Crippen molar-refractivity contribution < 1.29 is 9.53 Å². The summed E-state index contributed by atoms with van der Waals surface area (Å²) in [6, 6.07) is 10.7. The minimum absolute atomic E-state index is 0.0887. The highest BCUT2D eigenvalue weighted by Gasteiger charge is 2.28. The van der Waals surface area contributed by atoms with Crippen molar-refractivity contribution >= 4 is 11.9 Å². The summed E-state index contributed by atoms with van der Waals surface area (Å²) in [5, 5.41) is 9.05. The van der Waals surface area contributed by atoms with Gasteiger partial charge in [-0.05, 0) is 37.1 Å². The number of hydrogen-bond acceptors (Lipinski definition) is 6. The van der Waals surface area contributed by atoms with E-state index in [9.17, 15) is 4.79 Å². The summed E-state index contributed by atoms with van der Waals surface area (Å²) < 4.78 is 5.89. The van der Waals surface area contributed by atoms with E-state index in [4.69, 9.17) is 10.00 Å². The van der Waals surface area contributed by atoms with E-state index in [0.717, 1.165) is 37.6 Å². The van der Waals surface area contributed by atoms with E-state index in [1.807, 2.05) is 6.07 Å². The van der Waals surface area contributed by atoms with E-state index < -0.39 is 0 Å². The smallest absolute Gasteiger partial charge is 0.254 e. The van der Waals surface area contributed by atoms with Gasteiger partial charge in [0.2, 0.25) is 5.95 Å². The van der Waals surface area contributed by atoms with Crippen molar-refractivity contribution in [1.82, 2.24) is 14.9 Å². The molecule has 2 saturated heterocycles. The van der Waals surface area contributed by atoms with Crippen molar-refractivity contribution in [2.45, 2.75) is 18.9 Å². The molecule has 138 valence electrons. The summed E-state index contributed by atoms with van der Waals surface area (Å²) in [5.41, 5.74) is 1.81. The number of nitrogens with zero attached hydrogens (tertiary/aromatic N) is 5. The van der Waals surface area contributed by atoms with Gasteiger partial charge in [0.25, 0.3) is 5.91 Å². The maximum atomic E-state index is 12.8. The second-order valence-corrected chi connectivity index (χ2v) is 6.78. The maximum absolute atomic E-state index is 12.8. The number of rotatable bonds is 3. The second-order valence-electron chi connectivity index (χ2n) is 6.78. The Hall–Kier alpha value is -2.98. The fourth-order valence-corrected chi connectivity index (χ4v) is 3.53. The summed E-state index contributed by atoms with van der Waals surface area (Å²) in [6.45, 7) is 3.38. The highest BCUT2D eigenvalue weighted by molar-refractivity contribution is 5.94. The van der Waals surface area contributed by atoms with E-state index >= 15 is 0 Å². The Morgan fingerprint density at radius 3 is 2.89 bits per heavy atom. The van der Waals surface area contributed by atoms with Crippen LogP contribution in [0.3, 0.4) is 0 Å². The van der Waals surface area contributed by atoms with Crippen LogP contribution < -0.4 is 4.90 Å². The molecule has 0 saturated carbocycles. The first-order valence-corrected chi connectivity index (χ1v) is 9.23. The normalized spacial score (nSPS) is 19.7. The van der Waals surface area contributed by atoms with Crippen molar-refractivity contribution in [3.8, 4) is 6.07 Å². The Morgan fingerprint density at radius 1 is 1.22 bits per heavy atom. The van der Waals surface area contributed by atoms with Crippen LogP contribution in [0.5, 0.6) is 0 Å². The van der Waals surface area contributed by atoms with E-state index in [1.54, 1.807) is 35.4 Å². The van der Waals surface area contributed by atoms with Gasteiger partial charge in [0.1, 0.15) is 6.10 Å². The maximum Gasteiger partial charge on any atom is 0.254 e. The van der Waals surface area contributed by atoms with Crippen molar-refractivity contribution in [3.05, 3.63) is 53.3 Å². The molecule has 0 spiro atoms. The number of ether oxygens (including phenoxy) is 1. The standard InChI is InChI=1S/C20H21N5O2/c21-13-15-4-3-5-16(12-15)19(26)25-10-11-27-18(14-25)17-6-7-22-20(23-17)24-8-1-2-9-24/h3-7,12,18H,1-2,8-11,14H2/t18-/m0/s1. The van der Waals surface area contributed by atoms with Crippen LogP contribution in [0.15, 0.2) is 36.5 Å². The lowest BCUT2D eigenvalue weighted by molar-refractivity contribution is -0.0247. The number of aromatic nitrogens is 2. The molecule has 0 radical (unpaired) electrons. The van der Waals surface area contributed by atoms with Crippen LogP contribution in [-0.2, 0) is 4.74 Å². The van der Waals surface area contributed by atoms with Gasteiger partial charge >= 0.3 is 0 Å². The third-order valence-electron chi connectivity index (χ3n) is 4.98. The number of hydrogen-bond donors (Lipinski definition) is 0. The third kappa shape index (κ3) is 3.76. The van der Waals surface area contributed by atoms with Crippen LogP contribution in [0.25, 0.3) is 0 Å². The predicted molar refractivity (Wildman–Crippen MR) is 99.2 cm³/mol. The van der Waals surface area contributed by atoms with Gasteiger partial charge in [-0.2, -0.15) is 5.26 Å². The molecule has 7 heteroatoms. The molecule has 1 aromatic carbocycles. The van der Waals surface area contributed by atoms with Gasteiger partial charge in [0.05, 0.1) is 30.5 Å². The molecule has 27 heavy (non-hydrogen) atoms. The molecule has 0 unspecified atom stereocenters. The van der Waals surface area contributed by atoms with E-state index in [1.165, 1.54) is 0 Å². The molecular weight excluding hydrogens is 342 g/mol.